The molecule has 0 amide bonds. The summed E-state index contributed by atoms with van der Waals surface area (Å²) in [6.07, 6.45) is 2.02. The van der Waals surface area contributed by atoms with Gasteiger partial charge in [-0.15, -0.1) is 11.3 Å². The molecule has 0 saturated carbocycles. The zero-order valence-corrected chi connectivity index (χ0v) is 9.42. The number of hydrogen-bond donors (Lipinski definition) is 1. The quantitative estimate of drug-likeness (QED) is 0.863. The highest BCUT2D eigenvalue weighted by Crippen LogP contribution is 2.23. The van der Waals surface area contributed by atoms with Gasteiger partial charge >= 0.3 is 0 Å². The molecule has 2 heterocycles. The summed E-state index contributed by atoms with van der Waals surface area (Å²) < 4.78 is 0. The van der Waals surface area contributed by atoms with Crippen LogP contribution in [0.25, 0.3) is 10.6 Å². The standard InChI is InChI=1S/C11H13N3S/c1-2-4-8-7-9(14-11(12)13-8)10-5-3-6-15-10/h3,5-7H,2,4H2,1H3,(H2,12,13,14). The van der Waals surface area contributed by atoms with Gasteiger partial charge in [-0.3, -0.25) is 0 Å². The van der Waals surface area contributed by atoms with Gasteiger partial charge in [-0.25, -0.2) is 9.97 Å². The van der Waals surface area contributed by atoms with Crippen LogP contribution in [-0.4, -0.2) is 9.97 Å². The van der Waals surface area contributed by atoms with Crippen LogP contribution in [0.3, 0.4) is 0 Å². The fourth-order valence-electron chi connectivity index (χ4n) is 1.45. The largest absolute Gasteiger partial charge is 0.368 e. The first-order valence-electron chi connectivity index (χ1n) is 4.97. The molecule has 0 aliphatic carbocycles. The highest BCUT2D eigenvalue weighted by molar-refractivity contribution is 7.13. The summed E-state index contributed by atoms with van der Waals surface area (Å²) in [5.74, 6) is 0.365. The van der Waals surface area contributed by atoms with Crippen LogP contribution in [0.1, 0.15) is 19.0 Å². The van der Waals surface area contributed by atoms with Crippen molar-refractivity contribution in [2.24, 2.45) is 0 Å². The molecule has 2 rings (SSSR count). The van der Waals surface area contributed by atoms with E-state index >= 15 is 0 Å². The van der Waals surface area contributed by atoms with Gasteiger partial charge in [-0.05, 0) is 23.9 Å². The minimum atomic E-state index is 0.365. The summed E-state index contributed by atoms with van der Waals surface area (Å²) in [7, 11) is 0. The van der Waals surface area contributed by atoms with Crippen LogP contribution in [-0.2, 0) is 6.42 Å². The monoisotopic (exact) mass is 219 g/mol. The zero-order chi connectivity index (χ0) is 10.7. The number of hydrogen-bond acceptors (Lipinski definition) is 4. The van der Waals surface area contributed by atoms with E-state index in [0.717, 1.165) is 29.1 Å². The van der Waals surface area contributed by atoms with Gasteiger partial charge in [0.15, 0.2) is 0 Å². The molecule has 0 bridgehead atoms. The Bertz CT molecular complexity index is 437. The average molecular weight is 219 g/mol. The van der Waals surface area contributed by atoms with E-state index in [1.807, 2.05) is 23.6 Å². The van der Waals surface area contributed by atoms with Gasteiger partial charge in [0.25, 0.3) is 0 Å². The molecule has 3 nitrogen and oxygen atoms in total. The fraction of sp³-hybridized carbons (Fsp3) is 0.273. The maximum Gasteiger partial charge on any atom is 0.220 e. The summed E-state index contributed by atoms with van der Waals surface area (Å²) in [5, 5.41) is 2.03. The molecule has 0 atom stereocenters. The number of nitrogens with zero attached hydrogens (tertiary/aromatic N) is 2. The molecule has 0 spiro atoms. The van der Waals surface area contributed by atoms with Crippen LogP contribution < -0.4 is 5.73 Å². The molecule has 2 aromatic heterocycles. The van der Waals surface area contributed by atoms with Crippen LogP contribution in [0.4, 0.5) is 5.95 Å². The van der Waals surface area contributed by atoms with Crippen molar-refractivity contribution in [3.63, 3.8) is 0 Å². The summed E-state index contributed by atoms with van der Waals surface area (Å²) >= 11 is 1.67. The predicted molar refractivity (Wildman–Crippen MR) is 63.8 cm³/mol. The van der Waals surface area contributed by atoms with Crippen molar-refractivity contribution in [1.82, 2.24) is 9.97 Å². The normalized spacial score (nSPS) is 10.5. The van der Waals surface area contributed by atoms with Crippen molar-refractivity contribution in [3.8, 4) is 10.6 Å². The molecule has 2 N–H and O–H groups in total. The van der Waals surface area contributed by atoms with Crippen LogP contribution in [0.15, 0.2) is 23.6 Å². The molecule has 4 heteroatoms. The SMILES string of the molecule is CCCc1cc(-c2cccs2)nc(N)n1. The molecule has 0 saturated heterocycles. The lowest BCUT2D eigenvalue weighted by atomic mass is 10.2. The predicted octanol–water partition coefficient (Wildman–Crippen LogP) is 2.74. The second-order valence-electron chi connectivity index (χ2n) is 3.33. The van der Waals surface area contributed by atoms with Crippen molar-refractivity contribution < 1.29 is 0 Å². The van der Waals surface area contributed by atoms with E-state index in [0.29, 0.717) is 5.95 Å². The van der Waals surface area contributed by atoms with Gasteiger partial charge in [0.05, 0.1) is 10.6 Å². The van der Waals surface area contributed by atoms with Gasteiger partial charge in [0, 0.05) is 5.69 Å². The summed E-state index contributed by atoms with van der Waals surface area (Å²) in [6, 6.07) is 6.08. The van der Waals surface area contributed by atoms with Crippen LogP contribution in [0, 0.1) is 0 Å². The Morgan fingerprint density at radius 2 is 2.27 bits per heavy atom. The summed E-state index contributed by atoms with van der Waals surface area (Å²) in [4.78, 5) is 9.58. The molecule has 0 aliphatic rings. The first kappa shape index (κ1) is 10.1. The maximum atomic E-state index is 5.68. The highest BCUT2D eigenvalue weighted by Gasteiger charge is 2.04. The molecule has 2 aromatic rings. The van der Waals surface area contributed by atoms with E-state index in [4.69, 9.17) is 5.73 Å². The first-order chi connectivity index (χ1) is 7.29. The van der Waals surface area contributed by atoms with Crippen molar-refractivity contribution >= 4 is 17.3 Å². The first-order valence-corrected chi connectivity index (χ1v) is 5.85. The molecule has 15 heavy (non-hydrogen) atoms. The van der Waals surface area contributed by atoms with Crippen molar-refractivity contribution in [3.05, 3.63) is 29.3 Å². The molecular weight excluding hydrogens is 206 g/mol. The molecule has 0 aromatic carbocycles. The Balaban J connectivity index is 2.40. The number of thiophene rings is 1. The lowest BCUT2D eigenvalue weighted by molar-refractivity contribution is 0.878. The second kappa shape index (κ2) is 4.40. The third-order valence-corrected chi connectivity index (χ3v) is 2.97. The number of aryl methyl sites for hydroxylation is 1. The number of anilines is 1. The molecular formula is C11H13N3S. The van der Waals surface area contributed by atoms with E-state index in [1.165, 1.54) is 0 Å². The second-order valence-corrected chi connectivity index (χ2v) is 4.28. The van der Waals surface area contributed by atoms with Crippen LogP contribution >= 0.6 is 11.3 Å². The Morgan fingerprint density at radius 3 is 2.93 bits per heavy atom. The number of nitrogens with two attached hydrogens (primary N) is 1. The highest BCUT2D eigenvalue weighted by atomic mass is 32.1. The molecule has 78 valence electrons. The Kier molecular flexibility index (Phi) is 2.97. The van der Waals surface area contributed by atoms with E-state index in [-0.39, 0.29) is 0 Å². The topological polar surface area (TPSA) is 51.8 Å². The lowest BCUT2D eigenvalue weighted by Crippen LogP contribution is -2.00. The minimum absolute atomic E-state index is 0.365. The molecule has 0 radical (unpaired) electrons. The van der Waals surface area contributed by atoms with E-state index in [1.54, 1.807) is 11.3 Å². The Labute approximate surface area is 93.0 Å². The van der Waals surface area contributed by atoms with Gasteiger partial charge in [-0.2, -0.15) is 0 Å². The third-order valence-electron chi connectivity index (χ3n) is 2.08. The summed E-state index contributed by atoms with van der Waals surface area (Å²) in [5.41, 5.74) is 7.63. The van der Waals surface area contributed by atoms with E-state index in [2.05, 4.69) is 16.9 Å². The summed E-state index contributed by atoms with van der Waals surface area (Å²) in [6.45, 7) is 2.13. The van der Waals surface area contributed by atoms with Gasteiger partial charge in [0.2, 0.25) is 5.95 Å². The zero-order valence-electron chi connectivity index (χ0n) is 8.60. The lowest BCUT2D eigenvalue weighted by Gasteiger charge is -2.02. The van der Waals surface area contributed by atoms with E-state index in [9.17, 15) is 0 Å². The van der Waals surface area contributed by atoms with Gasteiger partial charge < -0.3 is 5.73 Å². The third kappa shape index (κ3) is 2.33. The Hall–Kier alpha value is -1.42. The van der Waals surface area contributed by atoms with Crippen LogP contribution in [0.2, 0.25) is 0 Å². The smallest absolute Gasteiger partial charge is 0.220 e. The van der Waals surface area contributed by atoms with Gasteiger partial charge in [0.1, 0.15) is 0 Å². The van der Waals surface area contributed by atoms with Gasteiger partial charge in [-0.1, -0.05) is 19.4 Å². The number of nitrogen functional groups attached to an aromatic ring is 1. The van der Waals surface area contributed by atoms with Crippen molar-refractivity contribution in [2.75, 3.05) is 5.73 Å². The van der Waals surface area contributed by atoms with Crippen molar-refractivity contribution in [1.29, 1.82) is 0 Å². The number of rotatable bonds is 3. The molecule has 0 unspecified atom stereocenters. The van der Waals surface area contributed by atoms with Crippen LogP contribution in [0.5, 0.6) is 0 Å². The molecule has 0 fully saturated rings. The minimum Gasteiger partial charge on any atom is -0.368 e. The molecule has 0 aliphatic heterocycles. The number of aromatic nitrogens is 2. The Morgan fingerprint density at radius 1 is 1.40 bits per heavy atom. The maximum absolute atomic E-state index is 5.68. The average Bonchev–Trinajstić information content (AvgIpc) is 2.70. The van der Waals surface area contributed by atoms with E-state index < -0.39 is 0 Å². The fourth-order valence-corrected chi connectivity index (χ4v) is 2.14. The van der Waals surface area contributed by atoms with Crippen molar-refractivity contribution in [2.45, 2.75) is 19.8 Å².